The highest BCUT2D eigenvalue weighted by molar-refractivity contribution is 5.89. The topological polar surface area (TPSA) is 62.0 Å². The Kier molecular flexibility index (Phi) is 4.76. The third-order valence-electron chi connectivity index (χ3n) is 4.78. The number of fused-ring (bicyclic) bond motifs is 1. The predicted octanol–water partition coefficient (Wildman–Crippen LogP) is 3.12. The SMILES string of the molecule is N#Cc1c(CCc2cncc(N3CCOCC3)n2)ccc2ccccc12. The lowest BCUT2D eigenvalue weighted by Gasteiger charge is -2.27. The van der Waals surface area contributed by atoms with Gasteiger partial charge in [-0.15, -0.1) is 0 Å². The molecule has 3 aromatic rings. The number of rotatable bonds is 4. The van der Waals surface area contributed by atoms with Gasteiger partial charge < -0.3 is 9.64 Å². The van der Waals surface area contributed by atoms with Crippen LogP contribution in [-0.4, -0.2) is 36.3 Å². The third kappa shape index (κ3) is 3.37. The number of nitrogens with zero attached hydrogens (tertiary/aromatic N) is 4. The summed E-state index contributed by atoms with van der Waals surface area (Å²) >= 11 is 0. The third-order valence-corrected chi connectivity index (χ3v) is 4.78. The van der Waals surface area contributed by atoms with E-state index in [1.165, 1.54) is 0 Å². The maximum atomic E-state index is 9.63. The summed E-state index contributed by atoms with van der Waals surface area (Å²) in [5, 5.41) is 11.7. The van der Waals surface area contributed by atoms with Gasteiger partial charge in [-0.25, -0.2) is 4.98 Å². The molecule has 5 heteroatoms. The predicted molar refractivity (Wildman–Crippen MR) is 101 cm³/mol. The minimum atomic E-state index is 0.731. The average molecular weight is 344 g/mol. The van der Waals surface area contributed by atoms with Crippen LogP contribution in [0.3, 0.4) is 0 Å². The van der Waals surface area contributed by atoms with Gasteiger partial charge in [-0.05, 0) is 29.2 Å². The summed E-state index contributed by atoms with van der Waals surface area (Å²) in [7, 11) is 0. The van der Waals surface area contributed by atoms with Crippen LogP contribution >= 0.6 is 0 Å². The molecule has 26 heavy (non-hydrogen) atoms. The highest BCUT2D eigenvalue weighted by atomic mass is 16.5. The maximum Gasteiger partial charge on any atom is 0.147 e. The van der Waals surface area contributed by atoms with E-state index in [4.69, 9.17) is 9.72 Å². The Morgan fingerprint density at radius 2 is 1.88 bits per heavy atom. The van der Waals surface area contributed by atoms with Gasteiger partial charge in [-0.1, -0.05) is 36.4 Å². The highest BCUT2D eigenvalue weighted by Crippen LogP contribution is 2.23. The number of nitriles is 1. The fourth-order valence-electron chi connectivity index (χ4n) is 3.38. The smallest absolute Gasteiger partial charge is 0.147 e. The number of ether oxygens (including phenoxy) is 1. The van der Waals surface area contributed by atoms with Crippen molar-refractivity contribution in [3.63, 3.8) is 0 Å². The Bertz CT molecular complexity index is 958. The standard InChI is InChI=1S/C21H20N4O/c22-13-20-17(6-5-16-3-1-2-4-19(16)20)7-8-18-14-23-15-21(24-18)25-9-11-26-12-10-25/h1-6,14-15H,7-12H2. The molecular weight excluding hydrogens is 324 g/mol. The zero-order valence-corrected chi connectivity index (χ0v) is 14.6. The molecule has 1 fully saturated rings. The van der Waals surface area contributed by atoms with Gasteiger partial charge in [-0.3, -0.25) is 4.98 Å². The summed E-state index contributed by atoms with van der Waals surface area (Å²) in [5.74, 6) is 0.907. The van der Waals surface area contributed by atoms with Crippen molar-refractivity contribution in [3.05, 3.63) is 65.6 Å². The number of hydrogen-bond donors (Lipinski definition) is 0. The van der Waals surface area contributed by atoms with Crippen LogP contribution in [-0.2, 0) is 17.6 Å². The zero-order chi connectivity index (χ0) is 17.8. The molecule has 0 unspecified atom stereocenters. The average Bonchev–Trinajstić information content (AvgIpc) is 2.72. The van der Waals surface area contributed by atoms with Crippen LogP contribution in [0, 0.1) is 11.3 Å². The fourth-order valence-corrected chi connectivity index (χ4v) is 3.38. The lowest BCUT2D eigenvalue weighted by atomic mass is 9.96. The van der Waals surface area contributed by atoms with E-state index in [1.807, 2.05) is 36.7 Å². The van der Waals surface area contributed by atoms with E-state index in [2.05, 4.69) is 28.1 Å². The quantitative estimate of drug-likeness (QED) is 0.728. The second-order valence-electron chi connectivity index (χ2n) is 6.40. The van der Waals surface area contributed by atoms with Crippen molar-refractivity contribution in [2.24, 2.45) is 0 Å². The van der Waals surface area contributed by atoms with Crippen LogP contribution in [0.15, 0.2) is 48.8 Å². The molecule has 1 aliphatic rings. The van der Waals surface area contributed by atoms with Crippen LogP contribution in [0.2, 0.25) is 0 Å². The summed E-state index contributed by atoms with van der Waals surface area (Å²) in [6, 6.07) is 14.5. The van der Waals surface area contributed by atoms with Crippen LogP contribution in [0.1, 0.15) is 16.8 Å². The summed E-state index contributed by atoms with van der Waals surface area (Å²) in [6.45, 7) is 3.16. The van der Waals surface area contributed by atoms with Crippen molar-refractivity contribution >= 4 is 16.6 Å². The number of aryl methyl sites for hydroxylation is 2. The highest BCUT2D eigenvalue weighted by Gasteiger charge is 2.13. The van der Waals surface area contributed by atoms with E-state index in [1.54, 1.807) is 0 Å². The van der Waals surface area contributed by atoms with Crippen LogP contribution in [0.25, 0.3) is 10.8 Å². The molecule has 0 aliphatic carbocycles. The molecule has 130 valence electrons. The molecule has 1 aromatic heterocycles. The van der Waals surface area contributed by atoms with E-state index in [0.717, 1.165) is 72.6 Å². The molecule has 0 amide bonds. The number of hydrogen-bond acceptors (Lipinski definition) is 5. The fraction of sp³-hybridized carbons (Fsp3) is 0.286. The first kappa shape index (κ1) is 16.5. The van der Waals surface area contributed by atoms with Crippen molar-refractivity contribution < 1.29 is 4.74 Å². The monoisotopic (exact) mass is 344 g/mol. The lowest BCUT2D eigenvalue weighted by Crippen LogP contribution is -2.36. The Morgan fingerprint density at radius 3 is 2.73 bits per heavy atom. The second kappa shape index (κ2) is 7.51. The van der Waals surface area contributed by atoms with Crippen LogP contribution < -0.4 is 4.90 Å². The van der Waals surface area contributed by atoms with Gasteiger partial charge in [0.05, 0.1) is 30.7 Å². The summed E-state index contributed by atoms with van der Waals surface area (Å²) in [6.07, 6.45) is 5.16. The molecule has 2 aromatic carbocycles. The number of morpholine rings is 1. The van der Waals surface area contributed by atoms with Gasteiger partial charge >= 0.3 is 0 Å². The minimum Gasteiger partial charge on any atom is -0.378 e. The second-order valence-corrected chi connectivity index (χ2v) is 6.40. The van der Waals surface area contributed by atoms with E-state index in [9.17, 15) is 5.26 Å². The van der Waals surface area contributed by atoms with Crippen molar-refractivity contribution in [2.45, 2.75) is 12.8 Å². The van der Waals surface area contributed by atoms with Gasteiger partial charge in [0.1, 0.15) is 11.9 Å². The van der Waals surface area contributed by atoms with E-state index in [-0.39, 0.29) is 0 Å². The van der Waals surface area contributed by atoms with E-state index < -0.39 is 0 Å². The maximum absolute atomic E-state index is 9.63. The van der Waals surface area contributed by atoms with Gasteiger partial charge in [0.15, 0.2) is 0 Å². The first-order valence-electron chi connectivity index (χ1n) is 8.89. The normalized spacial score (nSPS) is 14.3. The van der Waals surface area contributed by atoms with Crippen molar-refractivity contribution in [3.8, 4) is 6.07 Å². The zero-order valence-electron chi connectivity index (χ0n) is 14.6. The molecule has 1 aliphatic heterocycles. The van der Waals surface area contributed by atoms with Gasteiger partial charge in [0.2, 0.25) is 0 Å². The van der Waals surface area contributed by atoms with E-state index in [0.29, 0.717) is 0 Å². The van der Waals surface area contributed by atoms with Crippen LogP contribution in [0.5, 0.6) is 0 Å². The Morgan fingerprint density at radius 1 is 1.04 bits per heavy atom. The molecule has 2 heterocycles. The summed E-state index contributed by atoms with van der Waals surface area (Å²) in [4.78, 5) is 11.3. The molecule has 0 bridgehead atoms. The molecule has 0 saturated carbocycles. The van der Waals surface area contributed by atoms with Gasteiger partial charge in [0, 0.05) is 19.3 Å². The first-order valence-corrected chi connectivity index (χ1v) is 8.89. The van der Waals surface area contributed by atoms with Crippen molar-refractivity contribution in [2.75, 3.05) is 31.2 Å². The van der Waals surface area contributed by atoms with Crippen molar-refractivity contribution in [1.29, 1.82) is 5.26 Å². The first-order chi connectivity index (χ1) is 12.8. The lowest BCUT2D eigenvalue weighted by molar-refractivity contribution is 0.122. The number of aromatic nitrogens is 2. The molecule has 4 rings (SSSR count). The summed E-state index contributed by atoms with van der Waals surface area (Å²) in [5.41, 5.74) is 2.77. The Balaban J connectivity index is 1.54. The minimum absolute atomic E-state index is 0.731. The Labute approximate surface area is 152 Å². The Hall–Kier alpha value is -2.97. The summed E-state index contributed by atoms with van der Waals surface area (Å²) < 4.78 is 5.40. The number of benzene rings is 2. The number of anilines is 1. The van der Waals surface area contributed by atoms with Crippen LogP contribution in [0.4, 0.5) is 5.82 Å². The molecule has 0 atom stereocenters. The molecule has 5 nitrogen and oxygen atoms in total. The van der Waals surface area contributed by atoms with Gasteiger partial charge in [-0.2, -0.15) is 5.26 Å². The molecule has 0 N–H and O–H groups in total. The molecular formula is C21H20N4O. The van der Waals surface area contributed by atoms with Crippen molar-refractivity contribution in [1.82, 2.24) is 9.97 Å². The van der Waals surface area contributed by atoms with E-state index >= 15 is 0 Å². The molecule has 1 saturated heterocycles. The molecule has 0 spiro atoms. The van der Waals surface area contributed by atoms with Gasteiger partial charge in [0.25, 0.3) is 0 Å². The molecule has 0 radical (unpaired) electrons. The largest absolute Gasteiger partial charge is 0.378 e.